The number of aliphatic carboxylic acids is 1. The molecule has 1 heterocycles. The number of hydrogen-bond donors (Lipinski definition) is 2. The molecule has 0 saturated carbocycles. The van der Waals surface area contributed by atoms with E-state index in [1.807, 2.05) is 6.92 Å². The minimum absolute atomic E-state index is 0.265. The monoisotopic (exact) mass is 406 g/mol. The van der Waals surface area contributed by atoms with Crippen molar-refractivity contribution in [2.75, 3.05) is 0 Å². The predicted molar refractivity (Wildman–Crippen MR) is 108 cm³/mol. The van der Waals surface area contributed by atoms with E-state index in [2.05, 4.69) is 13.0 Å². The molecule has 0 aromatic carbocycles. The number of aliphatic hydroxyl groups excluding tert-OH is 1. The summed E-state index contributed by atoms with van der Waals surface area (Å²) in [5.74, 6) is -2.10. The average Bonchev–Trinajstić information content (AvgIpc) is 2.63. The Hall–Kier alpha value is -2.67. The van der Waals surface area contributed by atoms with E-state index in [4.69, 9.17) is 14.6 Å². The van der Waals surface area contributed by atoms with Gasteiger partial charge < -0.3 is 19.7 Å². The number of cyclic esters (lactones) is 1. The Morgan fingerprint density at radius 1 is 1.21 bits per heavy atom. The quantitative estimate of drug-likeness (QED) is 0.235. The van der Waals surface area contributed by atoms with Crippen molar-refractivity contribution >= 4 is 17.9 Å². The van der Waals surface area contributed by atoms with Crippen molar-refractivity contribution in [2.24, 2.45) is 5.92 Å². The number of carbonyl (C=O) groups excluding carboxylic acids is 2. The van der Waals surface area contributed by atoms with E-state index in [0.29, 0.717) is 5.92 Å². The van der Waals surface area contributed by atoms with Crippen molar-refractivity contribution in [1.82, 2.24) is 0 Å². The average molecular weight is 406 g/mol. The van der Waals surface area contributed by atoms with Crippen molar-refractivity contribution in [2.45, 2.75) is 64.8 Å². The molecular formula is C22H30O7. The molecule has 7 heteroatoms. The maximum atomic E-state index is 12.1. The second-order valence-corrected chi connectivity index (χ2v) is 7.21. The summed E-state index contributed by atoms with van der Waals surface area (Å²) in [4.78, 5) is 34.0. The Balaban J connectivity index is 2.56. The number of carboxylic acids is 1. The van der Waals surface area contributed by atoms with Crippen LogP contribution >= 0.6 is 0 Å². The van der Waals surface area contributed by atoms with Gasteiger partial charge in [-0.25, -0.2) is 14.4 Å². The number of esters is 2. The fraction of sp³-hybridized carbons (Fsp3) is 0.500. The van der Waals surface area contributed by atoms with Gasteiger partial charge in [0.1, 0.15) is 0 Å². The standard InChI is InChI=1S/C22H30O7/c1-15(6-4-5-7-17(3)23)14-16(2)8-12-21(26)29-19-10-13-22(27)28-18(19)9-11-20(24)25/h8-15,17-19,23H,4-7H2,1-3H3,(H,24,25). The molecule has 0 amide bonds. The van der Waals surface area contributed by atoms with Crippen LogP contribution in [0, 0.1) is 5.92 Å². The van der Waals surface area contributed by atoms with E-state index in [0.717, 1.165) is 49.5 Å². The van der Waals surface area contributed by atoms with Crippen LogP contribution in [0.25, 0.3) is 0 Å². The van der Waals surface area contributed by atoms with Gasteiger partial charge in [0.25, 0.3) is 0 Å². The third-order valence-corrected chi connectivity index (χ3v) is 4.24. The molecule has 0 fully saturated rings. The van der Waals surface area contributed by atoms with Crippen LogP contribution in [0.4, 0.5) is 0 Å². The van der Waals surface area contributed by atoms with Crippen molar-refractivity contribution < 1.29 is 34.1 Å². The zero-order chi connectivity index (χ0) is 21.8. The van der Waals surface area contributed by atoms with E-state index in [1.54, 1.807) is 13.0 Å². The van der Waals surface area contributed by atoms with Gasteiger partial charge in [-0.05, 0) is 44.8 Å². The van der Waals surface area contributed by atoms with Crippen LogP contribution in [0.15, 0.2) is 48.1 Å². The minimum atomic E-state index is -1.19. The third-order valence-electron chi connectivity index (χ3n) is 4.24. The molecule has 1 rings (SSSR count). The predicted octanol–water partition coefficient (Wildman–Crippen LogP) is 3.10. The first-order chi connectivity index (χ1) is 13.7. The topological polar surface area (TPSA) is 110 Å². The molecule has 160 valence electrons. The zero-order valence-corrected chi connectivity index (χ0v) is 17.1. The first-order valence-corrected chi connectivity index (χ1v) is 9.72. The van der Waals surface area contributed by atoms with Gasteiger partial charge in [-0.15, -0.1) is 0 Å². The number of ether oxygens (including phenoxy) is 2. The summed E-state index contributed by atoms with van der Waals surface area (Å²) in [5, 5.41) is 18.0. The third kappa shape index (κ3) is 11.0. The molecule has 1 aliphatic heterocycles. The normalized spacial score (nSPS) is 21.9. The Labute approximate surface area is 171 Å². The van der Waals surface area contributed by atoms with Crippen LogP contribution in [0.5, 0.6) is 0 Å². The lowest BCUT2D eigenvalue weighted by Crippen LogP contribution is -2.35. The molecule has 0 saturated heterocycles. The molecule has 0 aliphatic carbocycles. The van der Waals surface area contributed by atoms with E-state index in [9.17, 15) is 19.5 Å². The summed E-state index contributed by atoms with van der Waals surface area (Å²) in [7, 11) is 0. The van der Waals surface area contributed by atoms with Gasteiger partial charge in [0.2, 0.25) is 0 Å². The molecule has 0 spiro atoms. The summed E-state index contributed by atoms with van der Waals surface area (Å²) in [5.41, 5.74) is 0.915. The Bertz CT molecular complexity index is 685. The van der Waals surface area contributed by atoms with Gasteiger partial charge in [0, 0.05) is 18.2 Å². The van der Waals surface area contributed by atoms with Gasteiger partial charge in [-0.3, -0.25) is 0 Å². The van der Waals surface area contributed by atoms with Crippen LogP contribution in [0.2, 0.25) is 0 Å². The molecule has 0 radical (unpaired) electrons. The molecular weight excluding hydrogens is 376 g/mol. The first-order valence-electron chi connectivity index (χ1n) is 9.72. The lowest BCUT2D eigenvalue weighted by molar-refractivity contribution is -0.156. The second-order valence-electron chi connectivity index (χ2n) is 7.21. The van der Waals surface area contributed by atoms with Gasteiger partial charge in [-0.1, -0.05) is 37.5 Å². The van der Waals surface area contributed by atoms with Crippen molar-refractivity contribution in [3.63, 3.8) is 0 Å². The summed E-state index contributed by atoms with van der Waals surface area (Å²) in [6.45, 7) is 5.77. The highest BCUT2D eigenvalue weighted by Crippen LogP contribution is 2.16. The van der Waals surface area contributed by atoms with Crippen LogP contribution in [-0.2, 0) is 23.9 Å². The molecule has 0 aromatic rings. The van der Waals surface area contributed by atoms with Crippen LogP contribution in [0.3, 0.4) is 0 Å². The maximum Gasteiger partial charge on any atom is 0.331 e. The highest BCUT2D eigenvalue weighted by Gasteiger charge is 2.27. The number of carboxylic acid groups (broad SMARTS) is 1. The summed E-state index contributed by atoms with van der Waals surface area (Å²) < 4.78 is 10.2. The fourth-order valence-corrected chi connectivity index (χ4v) is 2.82. The smallest absolute Gasteiger partial charge is 0.331 e. The van der Waals surface area contributed by atoms with E-state index >= 15 is 0 Å². The SMILES string of the molecule is CC(C=CC(=O)OC1C=CC(=O)OC1C=CC(=O)O)=CC(C)CCCCC(C)O. The largest absolute Gasteiger partial charge is 0.478 e. The Morgan fingerprint density at radius 3 is 2.55 bits per heavy atom. The van der Waals surface area contributed by atoms with Gasteiger partial charge >= 0.3 is 17.9 Å². The summed E-state index contributed by atoms with van der Waals surface area (Å²) in [6.07, 6.45) is 11.2. The number of unbranched alkanes of at least 4 members (excludes halogenated alkanes) is 1. The number of aliphatic hydroxyl groups is 1. The van der Waals surface area contributed by atoms with E-state index in [1.165, 1.54) is 12.2 Å². The van der Waals surface area contributed by atoms with Gasteiger partial charge in [0.05, 0.1) is 6.10 Å². The first kappa shape index (κ1) is 24.4. The molecule has 0 aromatic heterocycles. The van der Waals surface area contributed by atoms with Crippen molar-refractivity contribution in [3.8, 4) is 0 Å². The summed E-state index contributed by atoms with van der Waals surface area (Å²) in [6, 6.07) is 0. The lowest BCUT2D eigenvalue weighted by Gasteiger charge is -2.24. The van der Waals surface area contributed by atoms with Crippen molar-refractivity contribution in [1.29, 1.82) is 0 Å². The molecule has 7 nitrogen and oxygen atoms in total. The second kappa shape index (κ2) is 12.7. The van der Waals surface area contributed by atoms with Crippen LogP contribution in [0.1, 0.15) is 46.5 Å². The van der Waals surface area contributed by atoms with Crippen LogP contribution < -0.4 is 0 Å². The molecule has 4 atom stereocenters. The van der Waals surface area contributed by atoms with Crippen molar-refractivity contribution in [3.05, 3.63) is 48.1 Å². The number of hydrogen-bond acceptors (Lipinski definition) is 6. The number of allylic oxidation sites excluding steroid dienone is 3. The molecule has 1 aliphatic rings. The number of carbonyl (C=O) groups is 3. The summed E-state index contributed by atoms with van der Waals surface area (Å²) >= 11 is 0. The molecule has 29 heavy (non-hydrogen) atoms. The van der Waals surface area contributed by atoms with Gasteiger partial charge in [-0.2, -0.15) is 0 Å². The highest BCUT2D eigenvalue weighted by atomic mass is 16.6. The minimum Gasteiger partial charge on any atom is -0.478 e. The molecule has 0 bridgehead atoms. The highest BCUT2D eigenvalue weighted by molar-refractivity contribution is 5.85. The molecule has 2 N–H and O–H groups in total. The maximum absolute atomic E-state index is 12.1. The fourth-order valence-electron chi connectivity index (χ4n) is 2.82. The van der Waals surface area contributed by atoms with Gasteiger partial charge in [0.15, 0.2) is 12.2 Å². The van der Waals surface area contributed by atoms with Crippen LogP contribution in [-0.4, -0.2) is 46.4 Å². The van der Waals surface area contributed by atoms with E-state index < -0.39 is 30.1 Å². The number of rotatable bonds is 11. The van der Waals surface area contributed by atoms with E-state index in [-0.39, 0.29) is 6.10 Å². The zero-order valence-electron chi connectivity index (χ0n) is 17.1. The Morgan fingerprint density at radius 2 is 1.90 bits per heavy atom. The lowest BCUT2D eigenvalue weighted by atomic mass is 10.00. The Kier molecular flexibility index (Phi) is 10.7. The molecule has 4 unspecified atom stereocenters.